The van der Waals surface area contributed by atoms with E-state index in [-0.39, 0.29) is 0 Å². The fourth-order valence-electron chi connectivity index (χ4n) is 1.88. The number of rotatable bonds is 1. The molecule has 0 aliphatic heterocycles. The summed E-state index contributed by atoms with van der Waals surface area (Å²) in [6, 6.07) is 7.18. The van der Waals surface area contributed by atoms with Crippen LogP contribution >= 0.6 is 51.3 Å². The second-order valence-corrected chi connectivity index (χ2v) is 6.09. The Morgan fingerprint density at radius 2 is 1.84 bits per heavy atom. The molecule has 2 aromatic heterocycles. The smallest absolute Gasteiger partial charge is 0.184 e. The van der Waals surface area contributed by atoms with Crippen LogP contribution in [-0.4, -0.2) is 14.5 Å². The summed E-state index contributed by atoms with van der Waals surface area (Å²) < 4.78 is 3.22. The van der Waals surface area contributed by atoms with Crippen LogP contribution in [0.15, 0.2) is 34.9 Å². The van der Waals surface area contributed by atoms with E-state index >= 15 is 0 Å². The zero-order valence-electron chi connectivity index (χ0n) is 9.32. The molecule has 96 valence electrons. The van der Waals surface area contributed by atoms with Crippen molar-refractivity contribution in [1.29, 1.82) is 0 Å². The number of pyridine rings is 1. The molecule has 0 radical (unpaired) electrons. The predicted molar refractivity (Wildman–Crippen MR) is 84.0 cm³/mol. The van der Waals surface area contributed by atoms with Crippen LogP contribution in [0.4, 0.5) is 0 Å². The Bertz CT molecular complexity index is 820. The molecule has 0 fully saturated rings. The first kappa shape index (κ1) is 13.1. The lowest BCUT2D eigenvalue weighted by Crippen LogP contribution is -1.95. The first-order valence-electron chi connectivity index (χ1n) is 5.27. The van der Waals surface area contributed by atoms with Crippen LogP contribution in [0.1, 0.15) is 0 Å². The van der Waals surface area contributed by atoms with Crippen LogP contribution in [0.25, 0.3) is 16.9 Å². The number of hydrogen-bond donors (Lipinski definition) is 1. The van der Waals surface area contributed by atoms with Gasteiger partial charge in [-0.25, -0.2) is 4.98 Å². The van der Waals surface area contributed by atoms with Crippen molar-refractivity contribution in [3.63, 3.8) is 0 Å². The van der Waals surface area contributed by atoms with Crippen LogP contribution in [0.5, 0.6) is 0 Å². The molecule has 3 nitrogen and oxygen atoms in total. The van der Waals surface area contributed by atoms with Gasteiger partial charge in [0.15, 0.2) is 10.4 Å². The van der Waals surface area contributed by atoms with Gasteiger partial charge in [-0.3, -0.25) is 4.57 Å². The molecular weight excluding hydrogens is 369 g/mol. The third-order valence-corrected chi connectivity index (χ3v) is 3.75. The van der Waals surface area contributed by atoms with E-state index in [0.717, 1.165) is 21.3 Å². The highest BCUT2D eigenvalue weighted by molar-refractivity contribution is 9.10. The predicted octanol–water partition coefficient (Wildman–Crippen LogP) is 5.15. The van der Waals surface area contributed by atoms with Gasteiger partial charge in [0.2, 0.25) is 0 Å². The molecule has 0 aliphatic carbocycles. The van der Waals surface area contributed by atoms with Gasteiger partial charge in [0.1, 0.15) is 0 Å². The number of aromatic amines is 1. The molecule has 3 rings (SSSR count). The standard InChI is InChI=1S/C12H6BrCl2N3S/c13-6-1-10-11(16-5-6)18(12(19)17-10)9-3-7(14)2-8(15)4-9/h1-5H,(H,17,19). The van der Waals surface area contributed by atoms with Crippen LogP contribution in [0, 0.1) is 4.77 Å². The van der Waals surface area contributed by atoms with Gasteiger partial charge in [0.05, 0.1) is 11.2 Å². The zero-order chi connectivity index (χ0) is 13.6. The topological polar surface area (TPSA) is 33.6 Å². The van der Waals surface area contributed by atoms with E-state index in [9.17, 15) is 0 Å². The number of H-pyrrole nitrogens is 1. The lowest BCUT2D eigenvalue weighted by Gasteiger charge is -2.05. The van der Waals surface area contributed by atoms with E-state index in [1.807, 2.05) is 6.07 Å². The van der Waals surface area contributed by atoms with Crippen LogP contribution in [0.3, 0.4) is 0 Å². The molecule has 0 atom stereocenters. The van der Waals surface area contributed by atoms with Crippen molar-refractivity contribution in [2.45, 2.75) is 0 Å². The van der Waals surface area contributed by atoms with Crippen molar-refractivity contribution in [1.82, 2.24) is 14.5 Å². The molecular formula is C12H6BrCl2N3S. The number of halogens is 3. The Morgan fingerprint density at radius 3 is 2.53 bits per heavy atom. The summed E-state index contributed by atoms with van der Waals surface area (Å²) in [4.78, 5) is 7.47. The zero-order valence-corrected chi connectivity index (χ0v) is 13.2. The summed E-state index contributed by atoms with van der Waals surface area (Å²) in [5.41, 5.74) is 2.35. The molecule has 0 aliphatic rings. The van der Waals surface area contributed by atoms with Gasteiger partial charge in [0, 0.05) is 20.7 Å². The second-order valence-electron chi connectivity index (χ2n) is 3.92. The monoisotopic (exact) mass is 373 g/mol. The van der Waals surface area contributed by atoms with Crippen molar-refractivity contribution >= 4 is 62.5 Å². The molecule has 0 saturated heterocycles. The number of fused-ring (bicyclic) bond motifs is 1. The molecule has 19 heavy (non-hydrogen) atoms. The molecule has 7 heteroatoms. The fraction of sp³-hybridized carbons (Fsp3) is 0. The Balaban J connectivity index is 2.36. The summed E-state index contributed by atoms with van der Waals surface area (Å²) >= 11 is 20.8. The lowest BCUT2D eigenvalue weighted by atomic mass is 10.3. The summed E-state index contributed by atoms with van der Waals surface area (Å²) in [5.74, 6) is 0. The Hall–Kier alpha value is -0.880. The van der Waals surface area contributed by atoms with Crippen molar-refractivity contribution in [3.8, 4) is 5.69 Å². The highest BCUT2D eigenvalue weighted by Crippen LogP contribution is 2.25. The highest BCUT2D eigenvalue weighted by atomic mass is 79.9. The average molecular weight is 375 g/mol. The quantitative estimate of drug-likeness (QED) is 0.597. The number of imidazole rings is 1. The Morgan fingerprint density at radius 1 is 1.16 bits per heavy atom. The SMILES string of the molecule is S=c1[nH]c2cc(Br)cnc2n1-c1cc(Cl)cc(Cl)c1. The molecule has 0 spiro atoms. The van der Waals surface area contributed by atoms with E-state index in [2.05, 4.69) is 25.9 Å². The minimum absolute atomic E-state index is 0.541. The number of hydrogen-bond acceptors (Lipinski definition) is 2. The maximum atomic E-state index is 6.03. The first-order chi connectivity index (χ1) is 9.04. The maximum Gasteiger partial charge on any atom is 0.184 e. The minimum Gasteiger partial charge on any atom is -0.329 e. The molecule has 0 saturated carbocycles. The number of nitrogens with zero attached hydrogens (tertiary/aromatic N) is 2. The molecule has 3 aromatic rings. The van der Waals surface area contributed by atoms with Gasteiger partial charge < -0.3 is 4.98 Å². The van der Waals surface area contributed by atoms with Crippen LogP contribution in [-0.2, 0) is 0 Å². The van der Waals surface area contributed by atoms with Gasteiger partial charge in [0.25, 0.3) is 0 Å². The summed E-state index contributed by atoms with van der Waals surface area (Å²) in [6.45, 7) is 0. The van der Waals surface area contributed by atoms with Gasteiger partial charge in [-0.05, 0) is 52.4 Å². The Kier molecular flexibility index (Phi) is 3.39. The van der Waals surface area contributed by atoms with E-state index in [0.29, 0.717) is 14.8 Å². The number of nitrogens with one attached hydrogen (secondary N) is 1. The van der Waals surface area contributed by atoms with Crippen molar-refractivity contribution in [2.24, 2.45) is 0 Å². The van der Waals surface area contributed by atoms with E-state index < -0.39 is 0 Å². The second kappa shape index (κ2) is 4.90. The van der Waals surface area contributed by atoms with Crippen molar-refractivity contribution < 1.29 is 0 Å². The third-order valence-electron chi connectivity index (χ3n) is 2.60. The van der Waals surface area contributed by atoms with Crippen LogP contribution in [0.2, 0.25) is 10.0 Å². The Labute approximate surface area is 132 Å². The molecule has 1 aromatic carbocycles. The van der Waals surface area contributed by atoms with E-state index in [4.69, 9.17) is 35.4 Å². The number of benzene rings is 1. The minimum atomic E-state index is 0.541. The third kappa shape index (κ3) is 2.43. The van der Waals surface area contributed by atoms with Gasteiger partial charge in [-0.1, -0.05) is 23.2 Å². The van der Waals surface area contributed by atoms with E-state index in [1.165, 1.54) is 0 Å². The molecule has 2 heterocycles. The van der Waals surface area contributed by atoms with Gasteiger partial charge in [-0.2, -0.15) is 0 Å². The first-order valence-corrected chi connectivity index (χ1v) is 7.23. The van der Waals surface area contributed by atoms with E-state index in [1.54, 1.807) is 29.0 Å². The fourth-order valence-corrected chi connectivity index (χ4v) is 3.03. The number of aromatic nitrogens is 3. The lowest BCUT2D eigenvalue weighted by molar-refractivity contribution is 1.04. The van der Waals surface area contributed by atoms with Crippen molar-refractivity contribution in [3.05, 3.63) is 49.8 Å². The summed E-state index contributed by atoms with van der Waals surface area (Å²) in [6.07, 6.45) is 1.72. The summed E-state index contributed by atoms with van der Waals surface area (Å²) in [5, 5.41) is 1.10. The summed E-state index contributed by atoms with van der Waals surface area (Å²) in [7, 11) is 0. The van der Waals surface area contributed by atoms with Gasteiger partial charge >= 0.3 is 0 Å². The molecule has 1 N–H and O–H groups in total. The average Bonchev–Trinajstić information content (AvgIpc) is 2.62. The molecule has 0 unspecified atom stereocenters. The highest BCUT2D eigenvalue weighted by Gasteiger charge is 2.09. The van der Waals surface area contributed by atoms with Gasteiger partial charge in [-0.15, -0.1) is 0 Å². The molecule has 0 amide bonds. The van der Waals surface area contributed by atoms with Crippen LogP contribution < -0.4 is 0 Å². The maximum absolute atomic E-state index is 6.03. The van der Waals surface area contributed by atoms with Crippen molar-refractivity contribution in [2.75, 3.05) is 0 Å². The largest absolute Gasteiger partial charge is 0.329 e. The molecule has 0 bridgehead atoms. The normalized spacial score (nSPS) is 11.1.